The quantitative estimate of drug-likeness (QED) is 0.699. The summed E-state index contributed by atoms with van der Waals surface area (Å²) >= 11 is 0. The number of hydrogen-bond donors (Lipinski definition) is 0. The van der Waals surface area contributed by atoms with Crippen LogP contribution in [0.1, 0.15) is 72.6 Å². The summed E-state index contributed by atoms with van der Waals surface area (Å²) in [5.41, 5.74) is -0.319. The maximum atomic E-state index is 13.2. The molecule has 4 bridgehead atoms. The maximum Gasteiger partial charge on any atom is 0.312 e. The summed E-state index contributed by atoms with van der Waals surface area (Å²) in [6.07, 6.45) is 8.40. The average molecular weight is 304 g/mol. The first-order chi connectivity index (χ1) is 10.4. The Kier molecular flexibility index (Phi) is 3.24. The van der Waals surface area contributed by atoms with Gasteiger partial charge in [0.2, 0.25) is 0 Å². The van der Waals surface area contributed by atoms with Gasteiger partial charge < -0.3 is 4.74 Å². The zero-order valence-corrected chi connectivity index (χ0v) is 14.7. The molecule has 0 aromatic heterocycles. The molecule has 0 radical (unpaired) electrons. The third kappa shape index (κ3) is 1.82. The van der Waals surface area contributed by atoms with Crippen LogP contribution in [-0.2, 0) is 9.53 Å². The van der Waals surface area contributed by atoms with E-state index in [9.17, 15) is 4.79 Å². The fraction of sp³-hybridized carbons (Fsp3) is 0.950. The van der Waals surface area contributed by atoms with Crippen molar-refractivity contribution in [2.24, 2.45) is 40.9 Å². The van der Waals surface area contributed by atoms with E-state index in [1.807, 2.05) is 0 Å². The second-order valence-electron chi connectivity index (χ2n) is 9.33. The van der Waals surface area contributed by atoms with Gasteiger partial charge in [0.1, 0.15) is 5.60 Å². The molecule has 4 rings (SSSR count). The molecule has 2 heteroatoms. The van der Waals surface area contributed by atoms with Gasteiger partial charge in [-0.2, -0.15) is 0 Å². The molecule has 0 N–H and O–H groups in total. The molecule has 4 aliphatic rings. The van der Waals surface area contributed by atoms with Crippen LogP contribution in [0.4, 0.5) is 0 Å². The van der Waals surface area contributed by atoms with Crippen LogP contribution in [0.15, 0.2) is 0 Å². The molecular weight excluding hydrogens is 272 g/mol. The molecule has 0 amide bonds. The van der Waals surface area contributed by atoms with Crippen molar-refractivity contribution < 1.29 is 9.53 Å². The Morgan fingerprint density at radius 3 is 2.41 bits per heavy atom. The summed E-state index contributed by atoms with van der Waals surface area (Å²) in [6.45, 7) is 9.16. The van der Waals surface area contributed by atoms with Crippen LogP contribution in [0.25, 0.3) is 0 Å². The van der Waals surface area contributed by atoms with E-state index >= 15 is 0 Å². The van der Waals surface area contributed by atoms with Crippen LogP contribution in [0.3, 0.4) is 0 Å². The summed E-state index contributed by atoms with van der Waals surface area (Å²) < 4.78 is 6.37. The molecular formula is C20H32O2. The minimum Gasteiger partial charge on any atom is -0.458 e. The molecule has 0 aliphatic heterocycles. The lowest BCUT2D eigenvalue weighted by Crippen LogP contribution is -2.47. The smallest absolute Gasteiger partial charge is 0.312 e. The van der Waals surface area contributed by atoms with Crippen molar-refractivity contribution in [3.63, 3.8) is 0 Å². The third-order valence-electron chi connectivity index (χ3n) is 8.55. The van der Waals surface area contributed by atoms with Gasteiger partial charge in [-0.25, -0.2) is 0 Å². The predicted octanol–water partition coefficient (Wildman–Crippen LogP) is 4.82. The molecule has 8 unspecified atom stereocenters. The highest BCUT2D eigenvalue weighted by atomic mass is 16.6. The summed E-state index contributed by atoms with van der Waals surface area (Å²) in [4.78, 5) is 13.2. The Morgan fingerprint density at radius 2 is 1.91 bits per heavy atom. The maximum absolute atomic E-state index is 13.2. The van der Waals surface area contributed by atoms with Crippen LogP contribution in [-0.4, -0.2) is 11.6 Å². The van der Waals surface area contributed by atoms with Crippen molar-refractivity contribution >= 4 is 5.97 Å². The summed E-state index contributed by atoms with van der Waals surface area (Å²) in [7, 11) is 0. The van der Waals surface area contributed by atoms with Crippen LogP contribution in [0.2, 0.25) is 0 Å². The van der Waals surface area contributed by atoms with E-state index in [1.165, 1.54) is 25.7 Å². The first-order valence-corrected chi connectivity index (χ1v) is 9.63. The van der Waals surface area contributed by atoms with Crippen molar-refractivity contribution in [1.82, 2.24) is 0 Å². The van der Waals surface area contributed by atoms with Gasteiger partial charge in [0.25, 0.3) is 0 Å². The SMILES string of the molecule is CCC1(OC(=O)C2(C)CC3CC2C(C)C3C)CC2CCC1C2. The molecule has 22 heavy (non-hydrogen) atoms. The van der Waals surface area contributed by atoms with Crippen molar-refractivity contribution in [2.45, 2.75) is 78.2 Å². The lowest BCUT2D eigenvalue weighted by atomic mass is 9.66. The standard InChI is InChI=1S/C20H32O2/c1-5-20(10-14-6-7-16(20)8-14)22-18(21)19(4)11-15-9-17(19)13(3)12(15)2/h12-17H,5-11H2,1-4H3. The van der Waals surface area contributed by atoms with E-state index < -0.39 is 0 Å². The van der Waals surface area contributed by atoms with Crippen molar-refractivity contribution in [3.8, 4) is 0 Å². The molecule has 0 aromatic carbocycles. The summed E-state index contributed by atoms with van der Waals surface area (Å²) in [5.74, 6) is 4.37. The topological polar surface area (TPSA) is 26.3 Å². The minimum atomic E-state index is -0.208. The Bertz CT molecular complexity index is 484. The van der Waals surface area contributed by atoms with E-state index in [2.05, 4.69) is 27.7 Å². The van der Waals surface area contributed by atoms with Crippen LogP contribution >= 0.6 is 0 Å². The normalized spacial score (nSPS) is 55.8. The highest BCUT2D eigenvalue weighted by molar-refractivity contribution is 5.78. The number of esters is 1. The van der Waals surface area contributed by atoms with E-state index in [4.69, 9.17) is 4.74 Å². The van der Waals surface area contributed by atoms with E-state index in [0.717, 1.165) is 37.0 Å². The van der Waals surface area contributed by atoms with Gasteiger partial charge in [0.15, 0.2) is 0 Å². The van der Waals surface area contributed by atoms with Gasteiger partial charge in [0.05, 0.1) is 5.41 Å². The summed E-state index contributed by atoms with van der Waals surface area (Å²) in [5, 5.41) is 0. The zero-order valence-electron chi connectivity index (χ0n) is 14.7. The molecule has 8 atom stereocenters. The fourth-order valence-corrected chi connectivity index (χ4v) is 6.92. The second-order valence-corrected chi connectivity index (χ2v) is 9.33. The first-order valence-electron chi connectivity index (χ1n) is 9.63. The predicted molar refractivity (Wildman–Crippen MR) is 87.2 cm³/mol. The number of ether oxygens (including phenoxy) is 1. The second kappa shape index (κ2) is 4.74. The zero-order chi connectivity index (χ0) is 15.7. The third-order valence-corrected chi connectivity index (χ3v) is 8.55. The number of rotatable bonds is 3. The Labute approximate surface area is 135 Å². The summed E-state index contributed by atoms with van der Waals surface area (Å²) in [6, 6.07) is 0. The average Bonchev–Trinajstić information content (AvgIpc) is 3.22. The number of carbonyl (C=O) groups is 1. The molecule has 0 saturated heterocycles. The van der Waals surface area contributed by atoms with Gasteiger partial charge in [-0.1, -0.05) is 20.8 Å². The lowest BCUT2D eigenvalue weighted by molar-refractivity contribution is -0.183. The van der Waals surface area contributed by atoms with Gasteiger partial charge in [-0.3, -0.25) is 4.79 Å². The fourth-order valence-electron chi connectivity index (χ4n) is 6.92. The van der Waals surface area contributed by atoms with E-state index in [-0.39, 0.29) is 17.0 Å². The monoisotopic (exact) mass is 304 g/mol. The Morgan fingerprint density at radius 1 is 1.14 bits per heavy atom. The molecule has 2 nitrogen and oxygen atoms in total. The van der Waals surface area contributed by atoms with Crippen molar-refractivity contribution in [3.05, 3.63) is 0 Å². The van der Waals surface area contributed by atoms with Crippen LogP contribution < -0.4 is 0 Å². The highest BCUT2D eigenvalue weighted by Gasteiger charge is 2.61. The number of carbonyl (C=O) groups excluding carboxylic acids is 1. The number of fused-ring (bicyclic) bond motifs is 4. The molecule has 4 saturated carbocycles. The first kappa shape index (κ1) is 15.0. The van der Waals surface area contributed by atoms with Crippen LogP contribution in [0.5, 0.6) is 0 Å². The van der Waals surface area contributed by atoms with Crippen LogP contribution in [0, 0.1) is 40.9 Å². The molecule has 124 valence electrons. The van der Waals surface area contributed by atoms with E-state index in [1.54, 1.807) is 0 Å². The molecule has 0 spiro atoms. The van der Waals surface area contributed by atoms with Crippen molar-refractivity contribution in [2.75, 3.05) is 0 Å². The van der Waals surface area contributed by atoms with Gasteiger partial charge >= 0.3 is 5.97 Å². The lowest BCUT2D eigenvalue weighted by Gasteiger charge is -2.43. The van der Waals surface area contributed by atoms with E-state index in [0.29, 0.717) is 17.8 Å². The Balaban J connectivity index is 1.53. The molecule has 4 fully saturated rings. The molecule has 4 aliphatic carbocycles. The van der Waals surface area contributed by atoms with Gasteiger partial charge in [-0.05, 0) is 87.4 Å². The Hall–Kier alpha value is -0.530. The molecule has 0 aromatic rings. The van der Waals surface area contributed by atoms with Crippen molar-refractivity contribution in [1.29, 1.82) is 0 Å². The molecule has 0 heterocycles. The number of hydrogen-bond acceptors (Lipinski definition) is 2. The van der Waals surface area contributed by atoms with Gasteiger partial charge in [0, 0.05) is 0 Å². The largest absolute Gasteiger partial charge is 0.458 e. The highest BCUT2D eigenvalue weighted by Crippen LogP contribution is 2.62. The minimum absolute atomic E-state index is 0.111. The van der Waals surface area contributed by atoms with Gasteiger partial charge in [-0.15, -0.1) is 0 Å².